The number of ether oxygens (including phenoxy) is 3. The number of fused-ring (bicyclic) bond motifs is 1. The Kier molecular flexibility index (Phi) is 5.96. The van der Waals surface area contributed by atoms with Crippen molar-refractivity contribution in [3.8, 4) is 17.2 Å². The third-order valence-corrected chi connectivity index (χ3v) is 6.05. The van der Waals surface area contributed by atoms with Crippen molar-refractivity contribution in [1.82, 2.24) is 4.72 Å². The van der Waals surface area contributed by atoms with Gasteiger partial charge in [0.1, 0.15) is 18.1 Å². The van der Waals surface area contributed by atoms with Crippen molar-refractivity contribution < 1.29 is 22.6 Å². The van der Waals surface area contributed by atoms with Crippen molar-refractivity contribution in [1.29, 1.82) is 0 Å². The van der Waals surface area contributed by atoms with Crippen molar-refractivity contribution in [2.45, 2.75) is 11.3 Å². The number of sulfonamides is 1. The van der Waals surface area contributed by atoms with Gasteiger partial charge >= 0.3 is 0 Å². The van der Waals surface area contributed by atoms with E-state index in [1.54, 1.807) is 6.07 Å². The number of hydrogen-bond donors (Lipinski definition) is 1. The molecule has 0 saturated heterocycles. The van der Waals surface area contributed by atoms with Crippen molar-refractivity contribution >= 4 is 37.6 Å². The fourth-order valence-corrected chi connectivity index (χ4v) is 5.00. The summed E-state index contributed by atoms with van der Waals surface area (Å²) in [5, 5.41) is 0.296. The van der Waals surface area contributed by atoms with E-state index in [4.69, 9.17) is 25.8 Å². The Morgan fingerprint density at radius 2 is 1.92 bits per heavy atom. The van der Waals surface area contributed by atoms with Crippen LogP contribution in [0.4, 0.5) is 0 Å². The lowest BCUT2D eigenvalue weighted by molar-refractivity contribution is 0.171. The molecule has 0 atom stereocenters. The Morgan fingerprint density at radius 3 is 2.65 bits per heavy atom. The topological polar surface area (TPSA) is 73.9 Å². The molecule has 0 unspecified atom stereocenters. The highest BCUT2D eigenvalue weighted by atomic mass is 79.9. The number of hydrogen-bond acceptors (Lipinski definition) is 5. The molecule has 0 amide bonds. The number of methoxy groups -OCH3 is 1. The lowest BCUT2D eigenvalue weighted by atomic mass is 10.1. The summed E-state index contributed by atoms with van der Waals surface area (Å²) in [5.74, 6) is 1.59. The van der Waals surface area contributed by atoms with Gasteiger partial charge in [0, 0.05) is 11.6 Å². The molecule has 0 aliphatic carbocycles. The first-order chi connectivity index (χ1) is 12.4. The first-order valence-electron chi connectivity index (χ1n) is 7.82. The first-order valence-corrected chi connectivity index (χ1v) is 10.5. The number of halogens is 2. The molecule has 0 saturated carbocycles. The van der Waals surface area contributed by atoms with Gasteiger partial charge < -0.3 is 14.2 Å². The normalized spacial score (nSPS) is 13.5. The van der Waals surface area contributed by atoms with E-state index in [9.17, 15) is 8.42 Å². The maximum atomic E-state index is 12.6. The van der Waals surface area contributed by atoms with Crippen molar-refractivity contribution in [3.05, 3.63) is 45.4 Å². The fourth-order valence-electron chi connectivity index (χ4n) is 2.59. The quantitative estimate of drug-likeness (QED) is 0.712. The maximum Gasteiger partial charge on any atom is 0.244 e. The molecule has 26 heavy (non-hydrogen) atoms. The summed E-state index contributed by atoms with van der Waals surface area (Å²) in [6, 6.07) is 8.51. The molecule has 2 aromatic rings. The van der Waals surface area contributed by atoms with Crippen LogP contribution in [0.2, 0.25) is 5.02 Å². The maximum absolute atomic E-state index is 12.6. The first kappa shape index (κ1) is 19.3. The Bertz CT molecular complexity index is 920. The smallest absolute Gasteiger partial charge is 0.244 e. The van der Waals surface area contributed by atoms with Crippen LogP contribution in [0.1, 0.15) is 5.56 Å². The lowest BCUT2D eigenvalue weighted by Gasteiger charge is -2.19. The van der Waals surface area contributed by atoms with Crippen LogP contribution in [-0.4, -0.2) is 35.3 Å². The molecule has 1 N–H and O–H groups in total. The van der Waals surface area contributed by atoms with Gasteiger partial charge in [-0.2, -0.15) is 0 Å². The summed E-state index contributed by atoms with van der Waals surface area (Å²) in [6.07, 6.45) is 0.500. The molecule has 1 heterocycles. The molecular weight excluding hydrogens is 446 g/mol. The summed E-state index contributed by atoms with van der Waals surface area (Å²) >= 11 is 9.24. The molecule has 3 rings (SSSR count). The fraction of sp³-hybridized carbons (Fsp3) is 0.294. The van der Waals surface area contributed by atoms with Crippen molar-refractivity contribution in [2.24, 2.45) is 0 Å². The minimum atomic E-state index is -3.78. The van der Waals surface area contributed by atoms with Crippen molar-refractivity contribution in [2.75, 3.05) is 26.9 Å². The summed E-state index contributed by atoms with van der Waals surface area (Å²) in [5.41, 5.74) is 0.941. The van der Waals surface area contributed by atoms with Crippen LogP contribution in [0, 0.1) is 0 Å². The van der Waals surface area contributed by atoms with E-state index >= 15 is 0 Å². The summed E-state index contributed by atoms with van der Waals surface area (Å²) in [4.78, 5) is -0.0125. The van der Waals surface area contributed by atoms with Gasteiger partial charge in [-0.15, -0.1) is 0 Å². The average Bonchev–Trinajstić information content (AvgIpc) is 2.61. The predicted molar refractivity (Wildman–Crippen MR) is 102 cm³/mol. The monoisotopic (exact) mass is 461 g/mol. The molecule has 140 valence electrons. The third-order valence-electron chi connectivity index (χ3n) is 3.78. The molecule has 2 aromatic carbocycles. The molecule has 0 radical (unpaired) electrons. The van der Waals surface area contributed by atoms with Crippen LogP contribution in [-0.2, 0) is 16.4 Å². The molecule has 0 bridgehead atoms. The van der Waals surface area contributed by atoms with Gasteiger partial charge in [0.2, 0.25) is 10.0 Å². The average molecular weight is 463 g/mol. The van der Waals surface area contributed by atoms with E-state index in [1.807, 2.05) is 18.2 Å². The van der Waals surface area contributed by atoms with Crippen molar-refractivity contribution in [3.63, 3.8) is 0 Å². The molecule has 1 aliphatic rings. The predicted octanol–water partition coefficient (Wildman–Crippen LogP) is 3.40. The molecule has 0 aromatic heterocycles. The van der Waals surface area contributed by atoms with Crippen LogP contribution in [0.3, 0.4) is 0 Å². The van der Waals surface area contributed by atoms with Gasteiger partial charge in [-0.25, -0.2) is 13.1 Å². The molecule has 1 aliphatic heterocycles. The second-order valence-corrected chi connectivity index (χ2v) is 8.57. The van der Waals surface area contributed by atoms with Crippen LogP contribution in [0.25, 0.3) is 0 Å². The van der Waals surface area contributed by atoms with Crippen LogP contribution in [0.15, 0.2) is 39.7 Å². The second kappa shape index (κ2) is 8.04. The van der Waals surface area contributed by atoms with Crippen LogP contribution < -0.4 is 18.9 Å². The van der Waals surface area contributed by atoms with Gasteiger partial charge in [0.05, 0.1) is 11.6 Å². The highest BCUT2D eigenvalue weighted by Crippen LogP contribution is 2.35. The zero-order chi connectivity index (χ0) is 18.7. The summed E-state index contributed by atoms with van der Waals surface area (Å²) in [7, 11) is -2.38. The van der Waals surface area contributed by atoms with E-state index in [0.29, 0.717) is 40.6 Å². The van der Waals surface area contributed by atoms with E-state index in [0.717, 1.165) is 5.56 Å². The SMILES string of the molecule is COc1c(Br)cc(Cl)cc1S(=O)(=O)NCCc1ccc2c(c1)OCCO2. The molecule has 0 spiro atoms. The highest BCUT2D eigenvalue weighted by molar-refractivity contribution is 9.10. The highest BCUT2D eigenvalue weighted by Gasteiger charge is 2.22. The van der Waals surface area contributed by atoms with E-state index in [2.05, 4.69) is 20.7 Å². The lowest BCUT2D eigenvalue weighted by Crippen LogP contribution is -2.26. The Labute approximate surface area is 165 Å². The van der Waals surface area contributed by atoms with E-state index < -0.39 is 10.0 Å². The van der Waals surface area contributed by atoms with E-state index in [-0.39, 0.29) is 17.2 Å². The summed E-state index contributed by atoms with van der Waals surface area (Å²) < 4.78 is 44.5. The Morgan fingerprint density at radius 1 is 1.19 bits per heavy atom. The van der Waals surface area contributed by atoms with Gasteiger partial charge in [-0.05, 0) is 52.2 Å². The minimum Gasteiger partial charge on any atom is -0.494 e. The van der Waals surface area contributed by atoms with Gasteiger partial charge in [-0.1, -0.05) is 17.7 Å². The molecule has 9 heteroatoms. The molecular formula is C17H17BrClNO5S. The standard InChI is InChI=1S/C17H17BrClNO5S/c1-23-17-13(18)9-12(19)10-16(17)26(21,22)20-5-4-11-2-3-14-15(8-11)25-7-6-24-14/h2-3,8-10,20H,4-7H2,1H3. The number of rotatable bonds is 6. The van der Waals surface area contributed by atoms with Crippen LogP contribution in [0.5, 0.6) is 17.2 Å². The molecule has 6 nitrogen and oxygen atoms in total. The Balaban J connectivity index is 1.71. The van der Waals surface area contributed by atoms with Crippen LogP contribution >= 0.6 is 27.5 Å². The Hall–Kier alpha value is -1.48. The number of benzene rings is 2. The minimum absolute atomic E-state index is 0.0125. The van der Waals surface area contributed by atoms with E-state index in [1.165, 1.54) is 13.2 Å². The number of nitrogens with one attached hydrogen (secondary N) is 1. The zero-order valence-corrected chi connectivity index (χ0v) is 17.1. The zero-order valence-electron chi connectivity index (χ0n) is 13.9. The molecule has 0 fully saturated rings. The van der Waals surface area contributed by atoms with Gasteiger partial charge in [0.25, 0.3) is 0 Å². The summed E-state index contributed by atoms with van der Waals surface area (Å²) in [6.45, 7) is 1.25. The van der Waals surface area contributed by atoms with Gasteiger partial charge in [0.15, 0.2) is 17.2 Å². The third kappa shape index (κ3) is 4.25. The second-order valence-electron chi connectivity index (χ2n) is 5.54. The van der Waals surface area contributed by atoms with Gasteiger partial charge in [-0.3, -0.25) is 0 Å². The largest absolute Gasteiger partial charge is 0.494 e.